The number of thiazole rings is 1. The summed E-state index contributed by atoms with van der Waals surface area (Å²) in [6, 6.07) is 8.36. The number of anilines is 1. The molecule has 0 unspecified atom stereocenters. The van der Waals surface area contributed by atoms with E-state index in [1.165, 1.54) is 23.5 Å². The number of hydrogen-bond acceptors (Lipinski definition) is 4. The quantitative estimate of drug-likeness (QED) is 0.659. The molecule has 0 saturated heterocycles. The number of amides is 2. The van der Waals surface area contributed by atoms with Crippen molar-refractivity contribution in [3.05, 3.63) is 64.9 Å². The molecule has 1 N–H and O–H groups in total. The first kappa shape index (κ1) is 19.4. The second kappa shape index (κ2) is 7.82. The van der Waals surface area contributed by atoms with Gasteiger partial charge in [0, 0.05) is 23.7 Å². The fourth-order valence-electron chi connectivity index (χ4n) is 3.19. The summed E-state index contributed by atoms with van der Waals surface area (Å²) in [6.07, 6.45) is -0.938. The molecular weight excluding hydrogens is 401 g/mol. The summed E-state index contributed by atoms with van der Waals surface area (Å²) in [4.78, 5) is 23.0. The fourth-order valence-corrected chi connectivity index (χ4v) is 4.01. The lowest BCUT2D eigenvalue weighted by Crippen LogP contribution is -2.42. The highest BCUT2D eigenvalue weighted by Gasteiger charge is 2.30. The zero-order valence-corrected chi connectivity index (χ0v) is 16.1. The van der Waals surface area contributed by atoms with Crippen LogP contribution in [0.3, 0.4) is 0 Å². The highest BCUT2D eigenvalue weighted by molar-refractivity contribution is 7.13. The smallest absolute Gasteiger partial charge is 0.332 e. The van der Waals surface area contributed by atoms with Gasteiger partial charge in [-0.3, -0.25) is 9.88 Å². The molecule has 0 aliphatic carbocycles. The Labute approximate surface area is 169 Å². The van der Waals surface area contributed by atoms with Crippen molar-refractivity contribution < 1.29 is 18.0 Å². The number of pyridine rings is 1. The Bertz CT molecular complexity index is 1020. The molecule has 0 atom stereocenters. The number of nitrogens with zero attached hydrogens (tertiary/aromatic N) is 3. The first-order valence-electron chi connectivity index (χ1n) is 9.03. The van der Waals surface area contributed by atoms with Crippen LogP contribution >= 0.6 is 11.3 Å². The summed E-state index contributed by atoms with van der Waals surface area (Å²) in [7, 11) is 0. The maximum Gasteiger partial charge on any atom is 0.416 e. The molecule has 0 saturated carbocycles. The first-order valence-corrected chi connectivity index (χ1v) is 9.91. The van der Waals surface area contributed by atoms with Gasteiger partial charge in [0.15, 0.2) is 0 Å². The normalized spacial score (nSPS) is 13.8. The third-order valence-electron chi connectivity index (χ3n) is 4.63. The van der Waals surface area contributed by atoms with Gasteiger partial charge in [0.25, 0.3) is 0 Å². The van der Waals surface area contributed by atoms with E-state index >= 15 is 0 Å². The number of rotatable bonds is 3. The summed E-state index contributed by atoms with van der Waals surface area (Å²) < 4.78 is 38.1. The molecule has 0 spiro atoms. The van der Waals surface area contributed by atoms with E-state index in [1.54, 1.807) is 22.5 Å². The number of aromatic nitrogens is 2. The Hall–Kier alpha value is -2.94. The molecular formula is C20H17F3N4OS. The molecule has 2 amide bonds. The van der Waals surface area contributed by atoms with E-state index in [0.717, 1.165) is 36.4 Å². The highest BCUT2D eigenvalue weighted by Crippen LogP contribution is 2.32. The highest BCUT2D eigenvalue weighted by atomic mass is 32.1. The summed E-state index contributed by atoms with van der Waals surface area (Å²) in [5.41, 5.74) is 2.30. The number of alkyl halides is 3. The van der Waals surface area contributed by atoms with Crippen LogP contribution < -0.4 is 10.2 Å². The number of fused-ring (bicyclic) bond motifs is 1. The van der Waals surface area contributed by atoms with Gasteiger partial charge in [-0.2, -0.15) is 13.2 Å². The van der Waals surface area contributed by atoms with Crippen LogP contribution in [0.15, 0.2) is 48.0 Å². The Morgan fingerprint density at radius 1 is 1.21 bits per heavy atom. The molecule has 9 heteroatoms. The minimum atomic E-state index is -4.36. The number of carbonyl (C=O) groups is 1. The number of carbonyl (C=O) groups excluding carboxylic acids is 1. The van der Waals surface area contributed by atoms with E-state index in [0.29, 0.717) is 22.8 Å². The number of benzene rings is 1. The van der Waals surface area contributed by atoms with Crippen LogP contribution in [0.25, 0.3) is 10.6 Å². The second-order valence-corrected chi connectivity index (χ2v) is 7.46. The average molecular weight is 418 g/mol. The van der Waals surface area contributed by atoms with Crippen molar-refractivity contribution in [3.8, 4) is 10.6 Å². The Kier molecular flexibility index (Phi) is 5.23. The lowest BCUT2D eigenvalue weighted by atomic mass is 10.1. The largest absolute Gasteiger partial charge is 0.416 e. The van der Waals surface area contributed by atoms with E-state index in [9.17, 15) is 18.0 Å². The number of hydrogen-bond donors (Lipinski definition) is 1. The Balaban J connectivity index is 1.41. The molecule has 3 heterocycles. The topological polar surface area (TPSA) is 58.1 Å². The number of nitrogens with one attached hydrogen (secondary N) is 1. The standard InChI is InChI=1S/C20H17F3N4OS/c21-20(22,23)14-7-5-13(6-8-14)18-26-15(12-29-18)11-25-19(28)27-10-2-3-16-17(27)4-1-9-24-16/h1,4-9,12H,2-3,10-11H2,(H,25,28). The summed E-state index contributed by atoms with van der Waals surface area (Å²) in [6.45, 7) is 0.862. The van der Waals surface area contributed by atoms with Gasteiger partial charge in [-0.25, -0.2) is 9.78 Å². The summed E-state index contributed by atoms with van der Waals surface area (Å²) >= 11 is 1.32. The monoisotopic (exact) mass is 418 g/mol. The number of halogens is 3. The van der Waals surface area contributed by atoms with Crippen LogP contribution in [0.2, 0.25) is 0 Å². The molecule has 3 aromatic rings. The van der Waals surface area contributed by atoms with Crippen molar-refractivity contribution >= 4 is 23.1 Å². The first-order chi connectivity index (χ1) is 13.9. The minimum Gasteiger partial charge on any atom is -0.332 e. The van der Waals surface area contributed by atoms with Crippen molar-refractivity contribution in [3.63, 3.8) is 0 Å². The predicted octanol–water partition coefficient (Wildman–Crippen LogP) is 4.89. The molecule has 1 aliphatic heterocycles. The van der Waals surface area contributed by atoms with Crippen molar-refractivity contribution in [1.29, 1.82) is 0 Å². The number of aryl methyl sites for hydroxylation is 1. The maximum absolute atomic E-state index is 12.7. The van der Waals surface area contributed by atoms with Crippen LogP contribution in [0, 0.1) is 0 Å². The molecule has 2 aromatic heterocycles. The van der Waals surface area contributed by atoms with Crippen LogP contribution in [0.5, 0.6) is 0 Å². The lowest BCUT2D eigenvalue weighted by Gasteiger charge is -2.28. The lowest BCUT2D eigenvalue weighted by molar-refractivity contribution is -0.137. The van der Waals surface area contributed by atoms with Gasteiger partial charge in [-0.05, 0) is 37.1 Å². The van der Waals surface area contributed by atoms with Gasteiger partial charge in [-0.15, -0.1) is 11.3 Å². The minimum absolute atomic E-state index is 0.219. The van der Waals surface area contributed by atoms with Gasteiger partial charge in [0.05, 0.1) is 29.2 Å². The predicted molar refractivity (Wildman–Crippen MR) is 105 cm³/mol. The molecule has 0 bridgehead atoms. The third-order valence-corrected chi connectivity index (χ3v) is 5.57. The van der Waals surface area contributed by atoms with E-state index in [2.05, 4.69) is 15.3 Å². The van der Waals surface area contributed by atoms with Crippen molar-refractivity contribution in [1.82, 2.24) is 15.3 Å². The Morgan fingerprint density at radius 2 is 2.00 bits per heavy atom. The Morgan fingerprint density at radius 3 is 2.76 bits per heavy atom. The average Bonchev–Trinajstić information content (AvgIpc) is 3.20. The van der Waals surface area contributed by atoms with Crippen molar-refractivity contribution in [2.75, 3.05) is 11.4 Å². The van der Waals surface area contributed by atoms with Crippen LogP contribution in [-0.4, -0.2) is 22.5 Å². The van der Waals surface area contributed by atoms with Gasteiger partial charge >= 0.3 is 12.2 Å². The SMILES string of the molecule is O=C(NCc1csc(-c2ccc(C(F)(F)F)cc2)n1)N1CCCc2ncccc21. The number of urea groups is 1. The van der Waals surface area contributed by atoms with Crippen LogP contribution in [-0.2, 0) is 19.1 Å². The molecule has 0 radical (unpaired) electrons. The van der Waals surface area contributed by atoms with E-state index in [1.807, 2.05) is 6.07 Å². The van der Waals surface area contributed by atoms with E-state index in [4.69, 9.17) is 0 Å². The molecule has 4 rings (SSSR count). The maximum atomic E-state index is 12.7. The molecule has 0 fully saturated rings. The van der Waals surface area contributed by atoms with E-state index in [-0.39, 0.29) is 12.6 Å². The molecule has 29 heavy (non-hydrogen) atoms. The van der Waals surface area contributed by atoms with Gasteiger partial charge in [-0.1, -0.05) is 12.1 Å². The van der Waals surface area contributed by atoms with Gasteiger partial charge in [0.1, 0.15) is 5.01 Å². The van der Waals surface area contributed by atoms with E-state index < -0.39 is 11.7 Å². The van der Waals surface area contributed by atoms with Gasteiger partial charge in [0.2, 0.25) is 0 Å². The zero-order valence-electron chi connectivity index (χ0n) is 15.2. The fraction of sp³-hybridized carbons (Fsp3) is 0.250. The zero-order chi connectivity index (χ0) is 20.4. The van der Waals surface area contributed by atoms with Gasteiger partial charge < -0.3 is 5.32 Å². The molecule has 1 aromatic carbocycles. The van der Waals surface area contributed by atoms with Crippen molar-refractivity contribution in [2.24, 2.45) is 0 Å². The summed E-state index contributed by atoms with van der Waals surface area (Å²) in [5.74, 6) is 0. The van der Waals surface area contributed by atoms with Crippen LogP contribution in [0.1, 0.15) is 23.4 Å². The summed E-state index contributed by atoms with van der Waals surface area (Å²) in [5, 5.41) is 5.26. The molecule has 150 valence electrons. The molecule has 1 aliphatic rings. The van der Waals surface area contributed by atoms with Crippen LogP contribution in [0.4, 0.5) is 23.7 Å². The molecule has 5 nitrogen and oxygen atoms in total. The van der Waals surface area contributed by atoms with Crippen molar-refractivity contribution in [2.45, 2.75) is 25.6 Å². The second-order valence-electron chi connectivity index (χ2n) is 6.60. The third kappa shape index (κ3) is 4.24.